The quantitative estimate of drug-likeness (QED) is 0.832. The summed E-state index contributed by atoms with van der Waals surface area (Å²) in [6.45, 7) is 3.32. The molecule has 0 unspecified atom stereocenters. The minimum Gasteiger partial charge on any atom is -0.489 e. The standard InChI is InChI=1S/C20H23N3O3/c1-13-5-6-18-15(10-13)17(24)11-19(26-18)14-4-3-9-23(12-14)20(25)16-7-8-21-22(16)2/h5-8,10,14,19H,3-4,9,11-12H2,1-2H3/t14-,19-/m0/s1. The maximum Gasteiger partial charge on any atom is 0.272 e. The van der Waals surface area contributed by atoms with Crippen molar-refractivity contribution in [3.63, 3.8) is 0 Å². The van der Waals surface area contributed by atoms with Crippen LogP contribution in [0.25, 0.3) is 0 Å². The summed E-state index contributed by atoms with van der Waals surface area (Å²) in [5.74, 6) is 0.967. The summed E-state index contributed by atoms with van der Waals surface area (Å²) < 4.78 is 7.77. The van der Waals surface area contributed by atoms with Crippen molar-refractivity contribution < 1.29 is 14.3 Å². The number of hydrogen-bond donors (Lipinski definition) is 0. The number of ether oxygens (including phenoxy) is 1. The van der Waals surface area contributed by atoms with Crippen LogP contribution in [0.4, 0.5) is 0 Å². The molecule has 1 amide bonds. The number of aromatic nitrogens is 2. The molecule has 1 saturated heterocycles. The van der Waals surface area contributed by atoms with E-state index >= 15 is 0 Å². The van der Waals surface area contributed by atoms with E-state index in [-0.39, 0.29) is 23.7 Å². The fraction of sp³-hybridized carbons (Fsp3) is 0.450. The molecule has 1 aromatic heterocycles. The van der Waals surface area contributed by atoms with Crippen LogP contribution in [0.1, 0.15) is 45.7 Å². The van der Waals surface area contributed by atoms with Gasteiger partial charge in [-0.05, 0) is 38.0 Å². The molecule has 0 aliphatic carbocycles. The lowest BCUT2D eigenvalue weighted by Crippen LogP contribution is -2.46. The van der Waals surface area contributed by atoms with Crippen molar-refractivity contribution >= 4 is 11.7 Å². The van der Waals surface area contributed by atoms with E-state index in [0.717, 1.165) is 24.9 Å². The molecule has 0 radical (unpaired) electrons. The first-order valence-electron chi connectivity index (χ1n) is 9.10. The topological polar surface area (TPSA) is 64.4 Å². The first-order chi connectivity index (χ1) is 12.5. The van der Waals surface area contributed by atoms with Gasteiger partial charge in [0.25, 0.3) is 5.91 Å². The van der Waals surface area contributed by atoms with Crippen molar-refractivity contribution in [2.45, 2.75) is 32.3 Å². The summed E-state index contributed by atoms with van der Waals surface area (Å²) in [4.78, 5) is 27.2. The third kappa shape index (κ3) is 3.00. The smallest absolute Gasteiger partial charge is 0.272 e. The van der Waals surface area contributed by atoms with Crippen molar-refractivity contribution in [3.05, 3.63) is 47.3 Å². The van der Waals surface area contributed by atoms with E-state index in [2.05, 4.69) is 5.10 Å². The minimum absolute atomic E-state index is 0.00661. The lowest BCUT2D eigenvalue weighted by Gasteiger charge is -2.38. The van der Waals surface area contributed by atoms with E-state index in [1.54, 1.807) is 24.0 Å². The molecular formula is C20H23N3O3. The van der Waals surface area contributed by atoms with Crippen LogP contribution in [0.2, 0.25) is 0 Å². The van der Waals surface area contributed by atoms with Crippen LogP contribution in [0.15, 0.2) is 30.5 Å². The molecule has 2 atom stereocenters. The highest BCUT2D eigenvalue weighted by atomic mass is 16.5. The van der Waals surface area contributed by atoms with Gasteiger partial charge in [-0.15, -0.1) is 0 Å². The largest absolute Gasteiger partial charge is 0.489 e. The number of ketones is 1. The second-order valence-corrected chi connectivity index (χ2v) is 7.28. The van der Waals surface area contributed by atoms with Gasteiger partial charge in [0.15, 0.2) is 5.78 Å². The van der Waals surface area contributed by atoms with Crippen molar-refractivity contribution in [1.29, 1.82) is 0 Å². The summed E-state index contributed by atoms with van der Waals surface area (Å²) >= 11 is 0. The van der Waals surface area contributed by atoms with Crippen LogP contribution < -0.4 is 4.74 Å². The fourth-order valence-corrected chi connectivity index (χ4v) is 3.97. The molecule has 4 rings (SSSR count). The highest BCUT2D eigenvalue weighted by Crippen LogP contribution is 2.34. The van der Waals surface area contributed by atoms with Crippen LogP contribution in [-0.4, -0.2) is 45.6 Å². The molecule has 6 nitrogen and oxygen atoms in total. The molecule has 0 saturated carbocycles. The Morgan fingerprint density at radius 3 is 2.92 bits per heavy atom. The molecule has 136 valence electrons. The van der Waals surface area contributed by atoms with Gasteiger partial charge >= 0.3 is 0 Å². The Labute approximate surface area is 152 Å². The zero-order valence-electron chi connectivity index (χ0n) is 15.1. The molecule has 3 heterocycles. The number of hydrogen-bond acceptors (Lipinski definition) is 4. The number of Topliss-reactive ketones (excluding diaryl/α,β-unsaturated/α-hetero) is 1. The number of benzene rings is 1. The zero-order valence-corrected chi connectivity index (χ0v) is 15.1. The number of carbonyl (C=O) groups excluding carboxylic acids is 2. The lowest BCUT2D eigenvalue weighted by molar-refractivity contribution is 0.0403. The van der Waals surface area contributed by atoms with Gasteiger partial charge in [-0.2, -0.15) is 5.10 Å². The normalized spacial score (nSPS) is 22.7. The molecule has 0 N–H and O–H groups in total. The first-order valence-corrected chi connectivity index (χ1v) is 9.10. The van der Waals surface area contributed by atoms with Crippen LogP contribution in [-0.2, 0) is 7.05 Å². The summed E-state index contributed by atoms with van der Waals surface area (Å²) in [5.41, 5.74) is 2.33. The van der Waals surface area contributed by atoms with Crippen molar-refractivity contribution in [2.24, 2.45) is 13.0 Å². The molecule has 26 heavy (non-hydrogen) atoms. The van der Waals surface area contributed by atoms with Gasteiger partial charge in [0.1, 0.15) is 17.5 Å². The van der Waals surface area contributed by atoms with Crippen LogP contribution in [0.5, 0.6) is 5.75 Å². The summed E-state index contributed by atoms with van der Waals surface area (Å²) in [7, 11) is 1.77. The predicted molar refractivity (Wildman–Crippen MR) is 96.4 cm³/mol. The van der Waals surface area contributed by atoms with Gasteiger partial charge in [-0.25, -0.2) is 0 Å². The number of likely N-dealkylation sites (tertiary alicyclic amines) is 1. The Kier molecular flexibility index (Phi) is 4.26. The zero-order chi connectivity index (χ0) is 18.3. The van der Waals surface area contributed by atoms with Gasteiger partial charge < -0.3 is 9.64 Å². The van der Waals surface area contributed by atoms with Crippen molar-refractivity contribution in [3.8, 4) is 5.75 Å². The van der Waals surface area contributed by atoms with Gasteiger partial charge in [0.2, 0.25) is 0 Å². The fourth-order valence-electron chi connectivity index (χ4n) is 3.97. The molecule has 2 aliphatic heterocycles. The minimum atomic E-state index is -0.167. The van der Waals surface area contributed by atoms with E-state index < -0.39 is 0 Å². The summed E-state index contributed by atoms with van der Waals surface area (Å²) in [5, 5.41) is 4.08. The number of rotatable bonds is 2. The average molecular weight is 353 g/mol. The second-order valence-electron chi connectivity index (χ2n) is 7.28. The predicted octanol–water partition coefficient (Wildman–Crippen LogP) is 2.61. The SMILES string of the molecule is Cc1ccc2c(c1)C(=O)C[C@@H]([C@H]1CCCN(C(=O)c3ccnn3C)C1)O2. The Bertz CT molecular complexity index is 858. The number of carbonyl (C=O) groups is 2. The molecule has 1 fully saturated rings. The maximum absolute atomic E-state index is 12.8. The number of aryl methyl sites for hydroxylation is 2. The Morgan fingerprint density at radius 2 is 2.15 bits per heavy atom. The van der Waals surface area contributed by atoms with E-state index in [9.17, 15) is 9.59 Å². The summed E-state index contributed by atoms with van der Waals surface area (Å²) in [6.07, 6.45) is 3.74. The third-order valence-electron chi connectivity index (χ3n) is 5.41. The number of fused-ring (bicyclic) bond motifs is 1. The van der Waals surface area contributed by atoms with Gasteiger partial charge in [0, 0.05) is 38.7 Å². The van der Waals surface area contributed by atoms with E-state index in [1.807, 2.05) is 30.0 Å². The van der Waals surface area contributed by atoms with Gasteiger partial charge in [0.05, 0.1) is 5.56 Å². The third-order valence-corrected chi connectivity index (χ3v) is 5.41. The Morgan fingerprint density at radius 1 is 1.31 bits per heavy atom. The highest BCUT2D eigenvalue weighted by molar-refractivity contribution is 6.00. The van der Waals surface area contributed by atoms with E-state index in [4.69, 9.17) is 4.74 Å². The Hall–Kier alpha value is -2.63. The molecule has 2 aromatic rings. The lowest BCUT2D eigenvalue weighted by atomic mass is 9.86. The number of piperidine rings is 1. The molecule has 0 bridgehead atoms. The second kappa shape index (κ2) is 6.59. The van der Waals surface area contributed by atoms with Crippen LogP contribution in [0.3, 0.4) is 0 Å². The first kappa shape index (κ1) is 16.8. The van der Waals surface area contributed by atoms with Crippen LogP contribution >= 0.6 is 0 Å². The molecule has 6 heteroatoms. The number of amides is 1. The van der Waals surface area contributed by atoms with Gasteiger partial charge in [-0.1, -0.05) is 11.6 Å². The monoisotopic (exact) mass is 353 g/mol. The van der Waals surface area contributed by atoms with Crippen molar-refractivity contribution in [1.82, 2.24) is 14.7 Å². The molecular weight excluding hydrogens is 330 g/mol. The highest BCUT2D eigenvalue weighted by Gasteiger charge is 2.36. The van der Waals surface area contributed by atoms with Gasteiger partial charge in [-0.3, -0.25) is 14.3 Å². The van der Waals surface area contributed by atoms with E-state index in [0.29, 0.717) is 30.0 Å². The maximum atomic E-state index is 12.8. The number of nitrogens with zero attached hydrogens (tertiary/aromatic N) is 3. The molecule has 2 aliphatic rings. The van der Waals surface area contributed by atoms with Crippen molar-refractivity contribution in [2.75, 3.05) is 13.1 Å². The molecule has 1 aromatic carbocycles. The van der Waals surface area contributed by atoms with Crippen LogP contribution in [0, 0.1) is 12.8 Å². The summed E-state index contributed by atoms with van der Waals surface area (Å²) in [6, 6.07) is 7.49. The molecule has 0 spiro atoms. The average Bonchev–Trinajstić information content (AvgIpc) is 3.07. The van der Waals surface area contributed by atoms with E-state index in [1.165, 1.54) is 0 Å². The Balaban J connectivity index is 1.50.